The van der Waals surface area contributed by atoms with E-state index in [2.05, 4.69) is 5.32 Å². The fraction of sp³-hybridized carbons (Fsp3) is 0.280. The summed E-state index contributed by atoms with van der Waals surface area (Å²) >= 11 is 0. The van der Waals surface area contributed by atoms with Gasteiger partial charge in [-0.3, -0.25) is 4.57 Å². The summed E-state index contributed by atoms with van der Waals surface area (Å²) < 4.78 is 33.3. The summed E-state index contributed by atoms with van der Waals surface area (Å²) in [6.07, 6.45) is 3.28. The van der Waals surface area contributed by atoms with Crippen LogP contribution in [0.3, 0.4) is 0 Å². The van der Waals surface area contributed by atoms with Crippen LogP contribution in [0, 0.1) is 6.92 Å². The van der Waals surface area contributed by atoms with Crippen molar-refractivity contribution in [3.05, 3.63) is 70.8 Å². The van der Waals surface area contributed by atoms with Crippen molar-refractivity contribution in [3.8, 4) is 11.8 Å². The number of urea groups is 1. The summed E-state index contributed by atoms with van der Waals surface area (Å²) in [5.41, 5.74) is 2.69. The zero-order chi connectivity index (χ0) is 25.9. The highest BCUT2D eigenvalue weighted by Gasteiger charge is 2.24. The van der Waals surface area contributed by atoms with Crippen molar-refractivity contribution in [2.45, 2.75) is 44.0 Å². The maximum absolute atomic E-state index is 12.5. The third-order valence-corrected chi connectivity index (χ3v) is 7.33. The quantitative estimate of drug-likeness (QED) is 0.354. The Morgan fingerprint density at radius 2 is 1.64 bits per heavy atom. The first kappa shape index (κ1) is 25.1. The molecule has 0 aliphatic heterocycles. The first-order valence-electron chi connectivity index (χ1n) is 11.5. The standard InChI is InChI=1S/C25H27N3O7S/c1-16-9-11-19(12-10-16)36(33,34)27-25(32)26-18-6-4-5-17(15-18)24(31)35-14-13-28-22(29)20-7-2-3-8-21(20)23(28)30/h4-6,9-12,15,29-30H,2-3,7-8,13-14H2,1H3,(H2,26,27,32). The molecule has 0 atom stereocenters. The molecular formula is C25H27N3O7S. The average molecular weight is 514 g/mol. The van der Waals surface area contributed by atoms with E-state index in [9.17, 15) is 28.2 Å². The molecule has 0 spiro atoms. The summed E-state index contributed by atoms with van der Waals surface area (Å²) in [7, 11) is -4.07. The Morgan fingerprint density at radius 3 is 2.28 bits per heavy atom. The number of anilines is 1. The van der Waals surface area contributed by atoms with Crippen molar-refractivity contribution >= 4 is 27.7 Å². The Kier molecular flexibility index (Phi) is 7.20. The van der Waals surface area contributed by atoms with E-state index in [-0.39, 0.29) is 41.1 Å². The topological polar surface area (TPSA) is 147 Å². The highest BCUT2D eigenvalue weighted by Crippen LogP contribution is 2.38. The van der Waals surface area contributed by atoms with Gasteiger partial charge < -0.3 is 20.3 Å². The van der Waals surface area contributed by atoms with Gasteiger partial charge in [-0.2, -0.15) is 0 Å². The predicted octanol–water partition coefficient (Wildman–Crippen LogP) is 3.45. The van der Waals surface area contributed by atoms with Crippen LogP contribution in [0.5, 0.6) is 11.8 Å². The maximum atomic E-state index is 12.5. The molecule has 0 unspecified atom stereocenters. The molecule has 11 heteroatoms. The number of sulfonamides is 1. The van der Waals surface area contributed by atoms with Crippen LogP contribution in [0.25, 0.3) is 0 Å². The first-order chi connectivity index (χ1) is 17.2. The van der Waals surface area contributed by atoms with Crippen molar-refractivity contribution in [1.29, 1.82) is 0 Å². The number of nitrogens with zero attached hydrogens (tertiary/aromatic N) is 1. The van der Waals surface area contributed by atoms with Gasteiger partial charge in [0.05, 0.1) is 17.0 Å². The van der Waals surface area contributed by atoms with Crippen molar-refractivity contribution < 1.29 is 33.0 Å². The van der Waals surface area contributed by atoms with Gasteiger partial charge in [0, 0.05) is 16.8 Å². The van der Waals surface area contributed by atoms with Crippen LogP contribution in [0.1, 0.15) is 39.9 Å². The van der Waals surface area contributed by atoms with Gasteiger partial charge in [-0.25, -0.2) is 22.7 Å². The Balaban J connectivity index is 1.34. The van der Waals surface area contributed by atoms with E-state index < -0.39 is 22.0 Å². The normalized spacial score (nSPS) is 13.0. The van der Waals surface area contributed by atoms with Crippen molar-refractivity contribution in [2.75, 3.05) is 11.9 Å². The van der Waals surface area contributed by atoms with Crippen LogP contribution in [-0.4, -0.2) is 41.8 Å². The van der Waals surface area contributed by atoms with Gasteiger partial charge in [-0.1, -0.05) is 23.8 Å². The largest absolute Gasteiger partial charge is 0.494 e. The predicted molar refractivity (Wildman–Crippen MR) is 132 cm³/mol. The third kappa shape index (κ3) is 5.46. The van der Waals surface area contributed by atoms with Gasteiger partial charge in [-0.15, -0.1) is 0 Å². The lowest BCUT2D eigenvalue weighted by molar-refractivity contribution is 0.0486. The Hall–Kier alpha value is -3.99. The monoisotopic (exact) mass is 513 g/mol. The van der Waals surface area contributed by atoms with E-state index in [4.69, 9.17) is 4.74 Å². The molecule has 4 N–H and O–H groups in total. The smallest absolute Gasteiger partial charge is 0.338 e. The molecule has 10 nitrogen and oxygen atoms in total. The fourth-order valence-electron chi connectivity index (χ4n) is 4.13. The van der Waals surface area contributed by atoms with E-state index in [1.54, 1.807) is 12.1 Å². The van der Waals surface area contributed by atoms with Crippen LogP contribution >= 0.6 is 0 Å². The number of carbonyl (C=O) groups excluding carboxylic acids is 2. The van der Waals surface area contributed by atoms with Crippen molar-refractivity contribution in [3.63, 3.8) is 0 Å². The number of rotatable bonds is 7. The average Bonchev–Trinajstić information content (AvgIpc) is 3.09. The molecule has 2 aromatic carbocycles. The van der Waals surface area contributed by atoms with Gasteiger partial charge in [0.15, 0.2) is 11.8 Å². The van der Waals surface area contributed by atoms with Crippen molar-refractivity contribution in [2.24, 2.45) is 0 Å². The molecular weight excluding hydrogens is 486 g/mol. The molecule has 3 aromatic rings. The number of aryl methyl sites for hydroxylation is 1. The van der Waals surface area contributed by atoms with Crippen LogP contribution in [0.2, 0.25) is 0 Å². The molecule has 0 radical (unpaired) electrons. The lowest BCUT2D eigenvalue weighted by atomic mass is 9.95. The van der Waals surface area contributed by atoms with E-state index >= 15 is 0 Å². The summed E-state index contributed by atoms with van der Waals surface area (Å²) in [5, 5.41) is 23.2. The number of esters is 1. The summed E-state index contributed by atoms with van der Waals surface area (Å²) in [5.74, 6) is -0.686. The van der Waals surface area contributed by atoms with Gasteiger partial charge in [0.2, 0.25) is 0 Å². The Morgan fingerprint density at radius 1 is 1.00 bits per heavy atom. The van der Waals surface area contributed by atoms with Gasteiger partial charge >= 0.3 is 12.0 Å². The minimum Gasteiger partial charge on any atom is -0.494 e. The molecule has 0 saturated carbocycles. The molecule has 0 fully saturated rings. The first-order valence-corrected chi connectivity index (χ1v) is 12.9. The van der Waals surface area contributed by atoms with E-state index in [1.165, 1.54) is 41.0 Å². The minimum absolute atomic E-state index is 0.00366. The number of fused-ring (bicyclic) bond motifs is 1. The van der Waals surface area contributed by atoms with Crippen LogP contribution in [0.4, 0.5) is 10.5 Å². The van der Waals surface area contributed by atoms with Gasteiger partial charge in [0.25, 0.3) is 10.0 Å². The van der Waals surface area contributed by atoms with Crippen LogP contribution in [0.15, 0.2) is 53.4 Å². The lowest BCUT2D eigenvalue weighted by Crippen LogP contribution is -2.34. The number of aromatic nitrogens is 1. The van der Waals surface area contributed by atoms with Gasteiger partial charge in [-0.05, 0) is 62.9 Å². The van der Waals surface area contributed by atoms with Gasteiger partial charge in [0.1, 0.15) is 6.61 Å². The molecule has 1 aliphatic carbocycles. The second-order valence-electron chi connectivity index (χ2n) is 8.55. The minimum atomic E-state index is -4.07. The summed E-state index contributed by atoms with van der Waals surface area (Å²) in [6.45, 7) is 1.80. The molecule has 190 valence electrons. The zero-order valence-electron chi connectivity index (χ0n) is 19.7. The second kappa shape index (κ2) is 10.3. The maximum Gasteiger partial charge on any atom is 0.338 e. The zero-order valence-corrected chi connectivity index (χ0v) is 20.5. The molecule has 36 heavy (non-hydrogen) atoms. The Labute approximate surface area is 208 Å². The molecule has 0 saturated heterocycles. The summed E-state index contributed by atoms with van der Waals surface area (Å²) in [4.78, 5) is 24.7. The molecule has 1 aromatic heterocycles. The number of carbonyl (C=O) groups is 2. The fourth-order valence-corrected chi connectivity index (χ4v) is 5.04. The molecule has 1 heterocycles. The molecule has 2 amide bonds. The Bertz CT molecular complexity index is 1370. The SMILES string of the molecule is Cc1ccc(S(=O)(=O)NC(=O)Nc2cccc(C(=O)OCCn3c(O)c4c(c3O)CCCC4)c2)cc1. The third-order valence-electron chi connectivity index (χ3n) is 5.98. The van der Waals surface area contributed by atoms with Crippen molar-refractivity contribution in [1.82, 2.24) is 9.29 Å². The number of amides is 2. The molecule has 4 rings (SSSR count). The summed E-state index contributed by atoms with van der Waals surface area (Å²) in [6, 6.07) is 10.9. The number of benzene rings is 2. The highest BCUT2D eigenvalue weighted by atomic mass is 32.2. The number of nitrogens with one attached hydrogen (secondary N) is 2. The lowest BCUT2D eigenvalue weighted by Gasteiger charge is -2.11. The van der Waals surface area contributed by atoms with E-state index in [0.717, 1.165) is 29.5 Å². The number of hydrogen-bond acceptors (Lipinski definition) is 7. The highest BCUT2D eigenvalue weighted by molar-refractivity contribution is 7.90. The van der Waals surface area contributed by atoms with E-state index in [1.807, 2.05) is 11.6 Å². The molecule has 1 aliphatic rings. The number of hydrogen-bond donors (Lipinski definition) is 4. The second-order valence-corrected chi connectivity index (χ2v) is 10.2. The van der Waals surface area contributed by atoms with E-state index in [0.29, 0.717) is 12.8 Å². The van der Waals surface area contributed by atoms with Crippen LogP contribution < -0.4 is 10.0 Å². The number of aromatic hydroxyl groups is 2. The molecule has 0 bridgehead atoms. The van der Waals surface area contributed by atoms with Crippen LogP contribution in [-0.2, 0) is 34.1 Å². The number of ether oxygens (including phenoxy) is 1.